The summed E-state index contributed by atoms with van der Waals surface area (Å²) in [5, 5.41) is 3.65. The van der Waals surface area contributed by atoms with Crippen LogP contribution in [0.2, 0.25) is 0 Å². The van der Waals surface area contributed by atoms with E-state index in [4.69, 9.17) is 12.2 Å². The maximum atomic E-state index is 13.2. The highest BCUT2D eigenvalue weighted by Gasteiger charge is 2.17. The molecule has 0 bridgehead atoms. The van der Waals surface area contributed by atoms with E-state index in [9.17, 15) is 9.59 Å². The Hall–Kier alpha value is -3.77. The maximum Gasteiger partial charge on any atom is 0.262 e. The van der Waals surface area contributed by atoms with E-state index in [0.29, 0.717) is 27.8 Å². The minimum absolute atomic E-state index is 0.145. The number of nitrogens with zero attached hydrogens (tertiary/aromatic N) is 1. The molecule has 0 aliphatic rings. The molecule has 0 aliphatic heterocycles. The van der Waals surface area contributed by atoms with E-state index in [1.807, 2.05) is 48.5 Å². The number of hydrogen-bond acceptors (Lipinski definition) is 3. The quantitative estimate of drug-likeness (QED) is 0.278. The van der Waals surface area contributed by atoms with E-state index >= 15 is 0 Å². The van der Waals surface area contributed by atoms with Crippen LogP contribution in [0.15, 0.2) is 96.3 Å². The average Bonchev–Trinajstić information content (AvgIpc) is 2.85. The zero-order valence-electron chi connectivity index (χ0n) is 18.2. The Morgan fingerprint density at radius 1 is 1.06 bits per heavy atom. The van der Waals surface area contributed by atoms with Gasteiger partial charge in [0.25, 0.3) is 11.5 Å². The predicted octanol–water partition coefficient (Wildman–Crippen LogP) is 5.35. The van der Waals surface area contributed by atoms with Crippen molar-refractivity contribution in [2.75, 3.05) is 0 Å². The number of aromatic amines is 1. The van der Waals surface area contributed by atoms with Crippen molar-refractivity contribution < 1.29 is 4.79 Å². The van der Waals surface area contributed by atoms with Gasteiger partial charge in [-0.15, -0.1) is 6.58 Å². The molecule has 0 fully saturated rings. The summed E-state index contributed by atoms with van der Waals surface area (Å²) < 4.78 is 1.74. The third-order valence-electron chi connectivity index (χ3n) is 5.63. The number of allylic oxidation sites excluding steroid dienone is 1. The molecule has 0 saturated carbocycles. The van der Waals surface area contributed by atoms with Gasteiger partial charge in [0.1, 0.15) is 0 Å². The minimum Gasteiger partial charge on any atom is -0.345 e. The molecule has 1 unspecified atom stereocenters. The lowest BCUT2D eigenvalue weighted by atomic mass is 9.98. The van der Waals surface area contributed by atoms with Crippen molar-refractivity contribution in [1.82, 2.24) is 14.9 Å². The number of aromatic nitrogens is 2. The first-order valence-electron chi connectivity index (χ1n) is 10.8. The molecule has 0 aliphatic carbocycles. The number of H-pyrrole nitrogens is 1. The van der Waals surface area contributed by atoms with E-state index < -0.39 is 0 Å². The van der Waals surface area contributed by atoms with Gasteiger partial charge in [0, 0.05) is 12.1 Å². The standard InChI is InChI=1S/C27H25N3O2S/c1-2-17-30-26(32)22-15-14-21(18-24(22)29-27(30)33)25(31)28-23(20-11-7-4-8-12-20)16-13-19-9-5-3-6-10-19/h2-12,14-15,18,23H,1,13,16-17H2,(H,28,31)(H,29,33). The number of carbonyl (C=O) groups excluding carboxylic acids is 1. The molecule has 1 heterocycles. The minimum atomic E-state index is -0.203. The van der Waals surface area contributed by atoms with Crippen molar-refractivity contribution >= 4 is 29.0 Å². The van der Waals surface area contributed by atoms with Gasteiger partial charge in [0.2, 0.25) is 0 Å². The Kier molecular flexibility index (Phi) is 6.95. The number of nitrogens with one attached hydrogen (secondary N) is 2. The first-order chi connectivity index (χ1) is 16.1. The van der Waals surface area contributed by atoms with Crippen LogP contribution in [0.5, 0.6) is 0 Å². The van der Waals surface area contributed by atoms with Crippen LogP contribution in [-0.2, 0) is 13.0 Å². The van der Waals surface area contributed by atoms with Crippen LogP contribution in [-0.4, -0.2) is 15.5 Å². The monoisotopic (exact) mass is 455 g/mol. The summed E-state index contributed by atoms with van der Waals surface area (Å²) in [4.78, 5) is 29.0. The van der Waals surface area contributed by atoms with Gasteiger partial charge in [-0.3, -0.25) is 14.2 Å². The molecule has 33 heavy (non-hydrogen) atoms. The summed E-state index contributed by atoms with van der Waals surface area (Å²) in [6.45, 7) is 4.00. The van der Waals surface area contributed by atoms with Gasteiger partial charge in [-0.2, -0.15) is 0 Å². The lowest BCUT2D eigenvalue weighted by molar-refractivity contribution is 0.0934. The summed E-state index contributed by atoms with van der Waals surface area (Å²) in [7, 11) is 0. The second-order valence-electron chi connectivity index (χ2n) is 7.86. The zero-order chi connectivity index (χ0) is 23.2. The smallest absolute Gasteiger partial charge is 0.262 e. The van der Waals surface area contributed by atoms with Crippen LogP contribution in [0.4, 0.5) is 0 Å². The number of fused-ring (bicyclic) bond motifs is 1. The molecule has 0 spiro atoms. The number of rotatable bonds is 8. The van der Waals surface area contributed by atoms with Gasteiger partial charge in [-0.05, 0) is 54.4 Å². The lowest BCUT2D eigenvalue weighted by Crippen LogP contribution is -2.29. The second-order valence-corrected chi connectivity index (χ2v) is 8.24. The normalized spacial score (nSPS) is 11.8. The summed E-state index contributed by atoms with van der Waals surface area (Å²) in [5.41, 5.74) is 3.08. The van der Waals surface area contributed by atoms with Crippen molar-refractivity contribution in [3.63, 3.8) is 0 Å². The third-order valence-corrected chi connectivity index (χ3v) is 5.95. The molecule has 166 valence electrons. The van der Waals surface area contributed by atoms with Crippen LogP contribution >= 0.6 is 12.2 Å². The van der Waals surface area contributed by atoms with Crippen molar-refractivity contribution in [2.24, 2.45) is 0 Å². The van der Waals surface area contributed by atoms with Gasteiger partial charge >= 0.3 is 0 Å². The molecule has 4 aromatic rings. The van der Waals surface area contributed by atoms with Crippen LogP contribution < -0.4 is 10.9 Å². The summed E-state index contributed by atoms with van der Waals surface area (Å²) in [5.74, 6) is -0.201. The van der Waals surface area contributed by atoms with Crippen molar-refractivity contribution in [3.05, 3.63) is 123 Å². The molecule has 4 rings (SSSR count). The van der Waals surface area contributed by atoms with Crippen LogP contribution in [0.3, 0.4) is 0 Å². The van der Waals surface area contributed by atoms with Gasteiger partial charge in [0.15, 0.2) is 4.77 Å². The van der Waals surface area contributed by atoms with E-state index in [0.717, 1.165) is 18.4 Å². The Morgan fingerprint density at radius 2 is 1.76 bits per heavy atom. The summed E-state index contributed by atoms with van der Waals surface area (Å²) in [6, 6.07) is 25.1. The van der Waals surface area contributed by atoms with Gasteiger partial charge in [-0.1, -0.05) is 66.7 Å². The molecule has 3 aromatic carbocycles. The van der Waals surface area contributed by atoms with Gasteiger partial charge in [-0.25, -0.2) is 0 Å². The topological polar surface area (TPSA) is 66.9 Å². The Bertz CT molecular complexity index is 1390. The highest BCUT2D eigenvalue weighted by molar-refractivity contribution is 7.71. The number of benzene rings is 3. The molecule has 1 aromatic heterocycles. The first-order valence-corrected chi connectivity index (χ1v) is 11.2. The fraction of sp³-hybridized carbons (Fsp3) is 0.148. The highest BCUT2D eigenvalue weighted by atomic mass is 32.1. The number of carbonyl (C=O) groups is 1. The van der Waals surface area contributed by atoms with E-state index in [-0.39, 0.29) is 17.5 Å². The van der Waals surface area contributed by atoms with E-state index in [1.165, 1.54) is 10.1 Å². The molecular weight excluding hydrogens is 430 g/mol. The zero-order valence-corrected chi connectivity index (χ0v) is 19.0. The Morgan fingerprint density at radius 3 is 2.45 bits per heavy atom. The molecule has 2 N–H and O–H groups in total. The number of amides is 1. The maximum absolute atomic E-state index is 13.2. The molecule has 0 radical (unpaired) electrons. The fourth-order valence-electron chi connectivity index (χ4n) is 3.90. The number of aryl methyl sites for hydroxylation is 1. The Balaban J connectivity index is 1.60. The van der Waals surface area contributed by atoms with E-state index in [2.05, 4.69) is 29.0 Å². The number of hydrogen-bond donors (Lipinski definition) is 2. The molecule has 0 saturated heterocycles. The van der Waals surface area contributed by atoms with Gasteiger partial charge < -0.3 is 10.3 Å². The highest BCUT2D eigenvalue weighted by Crippen LogP contribution is 2.21. The van der Waals surface area contributed by atoms with Crippen molar-refractivity contribution in [2.45, 2.75) is 25.4 Å². The summed E-state index contributed by atoms with van der Waals surface area (Å²) in [6.07, 6.45) is 3.23. The largest absolute Gasteiger partial charge is 0.345 e. The molecule has 5 nitrogen and oxygen atoms in total. The molecule has 6 heteroatoms. The SMILES string of the molecule is C=CCn1c(=S)[nH]c2cc(C(=O)NC(CCc3ccccc3)c3ccccc3)ccc2c1=O. The van der Waals surface area contributed by atoms with Crippen LogP contribution in [0, 0.1) is 4.77 Å². The van der Waals surface area contributed by atoms with Crippen LogP contribution in [0.25, 0.3) is 10.9 Å². The predicted molar refractivity (Wildman–Crippen MR) is 135 cm³/mol. The van der Waals surface area contributed by atoms with E-state index in [1.54, 1.807) is 24.3 Å². The van der Waals surface area contributed by atoms with Crippen molar-refractivity contribution in [1.29, 1.82) is 0 Å². The second kappa shape index (κ2) is 10.2. The average molecular weight is 456 g/mol. The first kappa shape index (κ1) is 22.4. The molecule has 1 atom stereocenters. The fourth-order valence-corrected chi connectivity index (χ4v) is 4.16. The lowest BCUT2D eigenvalue weighted by Gasteiger charge is -2.20. The third kappa shape index (κ3) is 5.18. The van der Waals surface area contributed by atoms with Crippen LogP contribution in [0.1, 0.15) is 33.9 Å². The molecule has 1 amide bonds. The summed E-state index contributed by atoms with van der Waals surface area (Å²) >= 11 is 5.32. The van der Waals surface area contributed by atoms with Crippen molar-refractivity contribution in [3.8, 4) is 0 Å². The van der Waals surface area contributed by atoms with Gasteiger partial charge in [0.05, 0.1) is 16.9 Å². The molecular formula is C27H25N3O2S. The Labute approximate surface area is 197 Å².